The molecule has 0 aliphatic carbocycles. The van der Waals surface area contributed by atoms with Crippen molar-refractivity contribution in [3.05, 3.63) is 42.4 Å². The summed E-state index contributed by atoms with van der Waals surface area (Å²) >= 11 is 0. The number of hydrogen-bond acceptors (Lipinski definition) is 4. The van der Waals surface area contributed by atoms with Crippen LogP contribution in [0.1, 0.15) is 12.1 Å². The third-order valence-corrected chi connectivity index (χ3v) is 4.09. The molecule has 0 unspecified atom stereocenters. The molecule has 0 aliphatic heterocycles. The minimum Gasteiger partial charge on any atom is -0.323 e. The molecule has 7 nitrogen and oxygen atoms in total. The summed E-state index contributed by atoms with van der Waals surface area (Å²) in [6.07, 6.45) is 3.91. The van der Waals surface area contributed by atoms with Gasteiger partial charge in [-0.15, -0.1) is 0 Å². The molecule has 0 spiro atoms. The van der Waals surface area contributed by atoms with Crippen molar-refractivity contribution >= 4 is 22.5 Å². The third-order valence-electron chi connectivity index (χ3n) is 4.09. The van der Waals surface area contributed by atoms with Crippen LogP contribution in [0.3, 0.4) is 0 Å². The van der Waals surface area contributed by atoms with Gasteiger partial charge in [0.05, 0.1) is 36.2 Å². The van der Waals surface area contributed by atoms with Crippen LogP contribution in [0.25, 0.3) is 10.9 Å². The van der Waals surface area contributed by atoms with Gasteiger partial charge in [-0.3, -0.25) is 14.2 Å². The van der Waals surface area contributed by atoms with Gasteiger partial charge < -0.3 is 10.2 Å². The van der Waals surface area contributed by atoms with Crippen LogP contribution in [0, 0.1) is 6.92 Å². The summed E-state index contributed by atoms with van der Waals surface area (Å²) in [5, 5.41) is 12.8. The van der Waals surface area contributed by atoms with E-state index in [0.29, 0.717) is 13.0 Å². The summed E-state index contributed by atoms with van der Waals surface area (Å²) in [6.45, 7) is 4.23. The first-order valence-electron chi connectivity index (χ1n) is 8.42. The first kappa shape index (κ1) is 17.2. The summed E-state index contributed by atoms with van der Waals surface area (Å²) in [6, 6.07) is 8.07. The molecule has 0 radical (unpaired) electrons. The van der Waals surface area contributed by atoms with Crippen molar-refractivity contribution in [3.8, 4) is 0 Å². The summed E-state index contributed by atoms with van der Waals surface area (Å²) in [7, 11) is 4.04. The molecule has 1 aromatic carbocycles. The number of benzene rings is 1. The number of hydrogen-bond donors (Lipinski definition) is 1. The van der Waals surface area contributed by atoms with Gasteiger partial charge in [-0.2, -0.15) is 10.2 Å². The minimum absolute atomic E-state index is 0.0376. The van der Waals surface area contributed by atoms with Gasteiger partial charge in [-0.25, -0.2) is 0 Å². The lowest BCUT2D eigenvalue weighted by Crippen LogP contribution is -2.18. The van der Waals surface area contributed by atoms with E-state index >= 15 is 0 Å². The number of carbonyl (C=O) groups excluding carboxylic acids is 1. The highest BCUT2D eigenvalue weighted by Crippen LogP contribution is 2.17. The summed E-state index contributed by atoms with van der Waals surface area (Å²) in [4.78, 5) is 14.3. The van der Waals surface area contributed by atoms with Crippen LogP contribution in [0.15, 0.2) is 36.7 Å². The van der Waals surface area contributed by atoms with Crippen LogP contribution < -0.4 is 5.32 Å². The fourth-order valence-corrected chi connectivity index (χ4v) is 2.75. The van der Waals surface area contributed by atoms with Crippen molar-refractivity contribution in [2.24, 2.45) is 0 Å². The number of nitrogens with one attached hydrogen (secondary N) is 1. The number of carbonyl (C=O) groups is 1. The second-order valence-electron chi connectivity index (χ2n) is 6.42. The average molecular weight is 340 g/mol. The van der Waals surface area contributed by atoms with E-state index in [1.807, 2.05) is 54.8 Å². The van der Waals surface area contributed by atoms with E-state index in [-0.39, 0.29) is 5.91 Å². The first-order chi connectivity index (χ1) is 12.0. The van der Waals surface area contributed by atoms with Crippen molar-refractivity contribution in [2.75, 3.05) is 26.0 Å². The zero-order valence-corrected chi connectivity index (χ0v) is 14.9. The van der Waals surface area contributed by atoms with E-state index in [2.05, 4.69) is 26.5 Å². The molecule has 2 heterocycles. The number of rotatable bonds is 7. The monoisotopic (exact) mass is 340 g/mol. The number of para-hydroxylation sites is 1. The average Bonchev–Trinajstić information content (AvgIpc) is 3.16. The van der Waals surface area contributed by atoms with E-state index in [1.54, 1.807) is 6.20 Å². The third kappa shape index (κ3) is 4.24. The van der Waals surface area contributed by atoms with Gasteiger partial charge in [0.1, 0.15) is 0 Å². The Morgan fingerprint density at radius 3 is 2.84 bits per heavy atom. The molecule has 3 aromatic rings. The van der Waals surface area contributed by atoms with Crippen LogP contribution in [0.4, 0.5) is 5.69 Å². The molecular formula is C18H24N6O. The summed E-state index contributed by atoms with van der Waals surface area (Å²) < 4.78 is 3.73. The Balaban J connectivity index is 1.56. The summed E-state index contributed by atoms with van der Waals surface area (Å²) in [5.41, 5.74) is 2.77. The number of anilines is 1. The maximum atomic E-state index is 12.2. The number of aryl methyl sites for hydroxylation is 2. The Kier molecular flexibility index (Phi) is 5.14. The highest BCUT2D eigenvalue weighted by atomic mass is 16.1. The van der Waals surface area contributed by atoms with Crippen molar-refractivity contribution in [1.29, 1.82) is 0 Å². The number of nitrogens with zero attached hydrogens (tertiary/aromatic N) is 5. The minimum atomic E-state index is -0.0376. The van der Waals surface area contributed by atoms with Gasteiger partial charge in [0, 0.05) is 24.5 Å². The van der Waals surface area contributed by atoms with E-state index in [9.17, 15) is 4.79 Å². The fourth-order valence-electron chi connectivity index (χ4n) is 2.75. The lowest BCUT2D eigenvalue weighted by atomic mass is 10.2. The predicted octanol–water partition coefficient (Wildman–Crippen LogP) is 2.13. The van der Waals surface area contributed by atoms with Gasteiger partial charge in [0.15, 0.2) is 0 Å². The van der Waals surface area contributed by atoms with Gasteiger partial charge in [0.25, 0.3) is 0 Å². The Bertz CT molecular complexity index is 863. The molecule has 0 fully saturated rings. The van der Waals surface area contributed by atoms with Crippen LogP contribution in [0.5, 0.6) is 0 Å². The lowest BCUT2D eigenvalue weighted by molar-refractivity contribution is -0.116. The topological polar surface area (TPSA) is 68.0 Å². The van der Waals surface area contributed by atoms with E-state index < -0.39 is 0 Å². The second-order valence-corrected chi connectivity index (χ2v) is 6.42. The van der Waals surface area contributed by atoms with Gasteiger partial charge >= 0.3 is 0 Å². The number of amides is 1. The zero-order valence-electron chi connectivity index (χ0n) is 14.9. The number of fused-ring (bicyclic) bond motifs is 1. The molecule has 132 valence electrons. The molecule has 1 N–H and O–H groups in total. The maximum absolute atomic E-state index is 12.2. The second kappa shape index (κ2) is 7.48. The molecule has 25 heavy (non-hydrogen) atoms. The Morgan fingerprint density at radius 1 is 1.24 bits per heavy atom. The van der Waals surface area contributed by atoms with Crippen molar-refractivity contribution in [2.45, 2.75) is 26.4 Å². The maximum Gasteiger partial charge on any atom is 0.226 e. The van der Waals surface area contributed by atoms with Crippen molar-refractivity contribution < 1.29 is 4.79 Å². The van der Waals surface area contributed by atoms with E-state index in [4.69, 9.17) is 0 Å². The quantitative estimate of drug-likeness (QED) is 0.715. The van der Waals surface area contributed by atoms with Crippen LogP contribution in [0.2, 0.25) is 0 Å². The number of likely N-dealkylation sites (N-methyl/N-ethyl adjacent to an activating group) is 1. The zero-order chi connectivity index (χ0) is 17.8. The lowest BCUT2D eigenvalue weighted by Gasteiger charge is -2.08. The molecular weight excluding hydrogens is 316 g/mol. The largest absolute Gasteiger partial charge is 0.323 e. The molecule has 0 bridgehead atoms. The SMILES string of the molecule is Cc1nn(CCC(=O)Nc2cnn(CCN(C)C)c2)c2ccccc12. The molecule has 3 rings (SSSR count). The smallest absolute Gasteiger partial charge is 0.226 e. The van der Waals surface area contributed by atoms with Crippen molar-refractivity contribution in [3.63, 3.8) is 0 Å². The standard InChI is InChI=1S/C18H24N6O/c1-14-16-6-4-5-7-17(16)24(21-14)9-8-18(25)20-15-12-19-23(13-15)11-10-22(2)3/h4-7,12-13H,8-11H2,1-3H3,(H,20,25). The predicted molar refractivity (Wildman–Crippen MR) is 98.5 cm³/mol. The van der Waals surface area contributed by atoms with Gasteiger partial charge in [0.2, 0.25) is 5.91 Å². The van der Waals surface area contributed by atoms with Crippen LogP contribution in [-0.2, 0) is 17.9 Å². The molecule has 1 amide bonds. The molecule has 2 aromatic heterocycles. The van der Waals surface area contributed by atoms with E-state index in [1.165, 1.54) is 0 Å². The van der Waals surface area contributed by atoms with Gasteiger partial charge in [-0.1, -0.05) is 18.2 Å². The summed E-state index contributed by atoms with van der Waals surface area (Å²) in [5.74, 6) is -0.0376. The van der Waals surface area contributed by atoms with Crippen LogP contribution >= 0.6 is 0 Å². The van der Waals surface area contributed by atoms with Crippen LogP contribution in [-0.4, -0.2) is 51.0 Å². The molecule has 0 atom stereocenters. The van der Waals surface area contributed by atoms with Gasteiger partial charge in [-0.05, 0) is 27.1 Å². The molecule has 0 saturated carbocycles. The Labute approximate surface area is 147 Å². The molecule has 7 heteroatoms. The highest BCUT2D eigenvalue weighted by molar-refractivity contribution is 5.90. The molecule has 0 aliphatic rings. The van der Waals surface area contributed by atoms with E-state index in [0.717, 1.165) is 35.4 Å². The Morgan fingerprint density at radius 2 is 2.04 bits per heavy atom. The Hall–Kier alpha value is -2.67. The highest BCUT2D eigenvalue weighted by Gasteiger charge is 2.09. The molecule has 0 saturated heterocycles. The normalized spacial score (nSPS) is 11.4. The number of aromatic nitrogens is 4. The van der Waals surface area contributed by atoms with Crippen molar-refractivity contribution in [1.82, 2.24) is 24.5 Å². The first-order valence-corrected chi connectivity index (χ1v) is 8.42. The fraction of sp³-hybridized carbons (Fsp3) is 0.389.